The van der Waals surface area contributed by atoms with Crippen molar-refractivity contribution in [3.63, 3.8) is 0 Å². The SMILES string of the molecule is C=CC=CC=C1N(C)c2ccccc2C1(C)C. The number of likely N-dealkylation sites (N-methyl/N-ethyl adjacent to an activating group) is 1. The van der Waals surface area contributed by atoms with Crippen molar-refractivity contribution in [2.24, 2.45) is 0 Å². The topological polar surface area (TPSA) is 3.24 Å². The second kappa shape index (κ2) is 4.25. The van der Waals surface area contributed by atoms with Gasteiger partial charge in [0.2, 0.25) is 0 Å². The molecule has 0 amide bonds. The summed E-state index contributed by atoms with van der Waals surface area (Å²) in [7, 11) is 2.13. The maximum absolute atomic E-state index is 3.69. The Morgan fingerprint density at radius 1 is 1.18 bits per heavy atom. The van der Waals surface area contributed by atoms with E-state index in [1.807, 2.05) is 12.2 Å². The summed E-state index contributed by atoms with van der Waals surface area (Å²) in [6.07, 6.45) is 7.97. The lowest BCUT2D eigenvalue weighted by molar-refractivity contribution is 0.640. The van der Waals surface area contributed by atoms with Crippen LogP contribution in [-0.2, 0) is 5.41 Å². The molecule has 1 heteroatoms. The Labute approximate surface area is 104 Å². The normalized spacial score (nSPS) is 19.9. The fraction of sp³-hybridized carbons (Fsp3) is 0.250. The molecule has 1 aliphatic heterocycles. The van der Waals surface area contributed by atoms with Crippen LogP contribution in [0.2, 0.25) is 0 Å². The number of benzene rings is 1. The number of nitrogens with zero attached hydrogens (tertiary/aromatic N) is 1. The molecule has 88 valence electrons. The molecule has 0 aromatic heterocycles. The van der Waals surface area contributed by atoms with E-state index in [2.05, 4.69) is 62.7 Å². The van der Waals surface area contributed by atoms with E-state index >= 15 is 0 Å². The minimum absolute atomic E-state index is 0.0663. The highest BCUT2D eigenvalue weighted by Crippen LogP contribution is 2.46. The molecule has 0 atom stereocenters. The van der Waals surface area contributed by atoms with Crippen LogP contribution in [0.15, 0.2) is 60.8 Å². The molecule has 1 nitrogen and oxygen atoms in total. The fourth-order valence-electron chi connectivity index (χ4n) is 2.53. The molecule has 0 aliphatic carbocycles. The lowest BCUT2D eigenvalue weighted by Crippen LogP contribution is -2.22. The Hall–Kier alpha value is -1.76. The molecule has 17 heavy (non-hydrogen) atoms. The molecular formula is C16H19N. The number of rotatable bonds is 2. The molecule has 0 unspecified atom stereocenters. The van der Waals surface area contributed by atoms with Crippen LogP contribution in [-0.4, -0.2) is 7.05 Å². The maximum atomic E-state index is 3.69. The summed E-state index contributed by atoms with van der Waals surface area (Å²) >= 11 is 0. The van der Waals surface area contributed by atoms with Gasteiger partial charge in [0.15, 0.2) is 0 Å². The van der Waals surface area contributed by atoms with Gasteiger partial charge in [-0.05, 0) is 17.7 Å². The van der Waals surface area contributed by atoms with Gasteiger partial charge in [-0.25, -0.2) is 0 Å². The molecule has 0 N–H and O–H groups in total. The maximum Gasteiger partial charge on any atom is 0.0447 e. The molecule has 1 heterocycles. The van der Waals surface area contributed by atoms with E-state index in [0.29, 0.717) is 0 Å². The summed E-state index contributed by atoms with van der Waals surface area (Å²) in [4.78, 5) is 2.27. The Kier molecular flexibility index (Phi) is 2.93. The van der Waals surface area contributed by atoms with Crippen LogP contribution in [0.1, 0.15) is 19.4 Å². The molecule has 0 radical (unpaired) electrons. The largest absolute Gasteiger partial charge is 0.347 e. The highest BCUT2D eigenvalue weighted by molar-refractivity contribution is 5.70. The van der Waals surface area contributed by atoms with E-state index in [9.17, 15) is 0 Å². The van der Waals surface area contributed by atoms with Gasteiger partial charge in [-0.2, -0.15) is 0 Å². The Bertz CT molecular complexity index is 492. The predicted molar refractivity (Wildman–Crippen MR) is 75.3 cm³/mol. The first-order valence-corrected chi connectivity index (χ1v) is 5.92. The van der Waals surface area contributed by atoms with E-state index < -0.39 is 0 Å². The molecule has 0 spiro atoms. The first-order valence-electron chi connectivity index (χ1n) is 5.92. The second-order valence-corrected chi connectivity index (χ2v) is 4.87. The molecule has 1 aromatic carbocycles. The van der Waals surface area contributed by atoms with E-state index in [-0.39, 0.29) is 5.41 Å². The highest BCUT2D eigenvalue weighted by atomic mass is 15.2. The molecule has 1 aliphatic rings. The van der Waals surface area contributed by atoms with Crippen LogP contribution in [0, 0.1) is 0 Å². The molecule has 2 rings (SSSR count). The van der Waals surface area contributed by atoms with Gasteiger partial charge in [0.25, 0.3) is 0 Å². The van der Waals surface area contributed by atoms with Crippen LogP contribution < -0.4 is 4.90 Å². The van der Waals surface area contributed by atoms with Gasteiger partial charge < -0.3 is 4.90 Å². The minimum Gasteiger partial charge on any atom is -0.347 e. The lowest BCUT2D eigenvalue weighted by Gasteiger charge is -2.23. The third kappa shape index (κ3) is 1.82. The van der Waals surface area contributed by atoms with Crippen molar-refractivity contribution >= 4 is 5.69 Å². The van der Waals surface area contributed by atoms with Crippen molar-refractivity contribution < 1.29 is 0 Å². The zero-order valence-corrected chi connectivity index (χ0v) is 10.8. The smallest absolute Gasteiger partial charge is 0.0447 e. The lowest BCUT2D eigenvalue weighted by atomic mass is 9.84. The third-order valence-electron chi connectivity index (χ3n) is 3.44. The summed E-state index contributed by atoms with van der Waals surface area (Å²) in [5.41, 5.74) is 4.07. The summed E-state index contributed by atoms with van der Waals surface area (Å²) in [6.45, 7) is 8.22. The average Bonchev–Trinajstić information content (AvgIpc) is 2.51. The zero-order chi connectivity index (χ0) is 12.5. The molecule has 0 bridgehead atoms. The molecule has 0 fully saturated rings. The van der Waals surface area contributed by atoms with Gasteiger partial charge in [0, 0.05) is 23.8 Å². The van der Waals surface area contributed by atoms with Crippen molar-refractivity contribution in [3.05, 3.63) is 66.4 Å². The molecular weight excluding hydrogens is 206 g/mol. The number of hydrogen-bond donors (Lipinski definition) is 0. The van der Waals surface area contributed by atoms with Crippen LogP contribution >= 0.6 is 0 Å². The van der Waals surface area contributed by atoms with Crippen LogP contribution in [0.3, 0.4) is 0 Å². The van der Waals surface area contributed by atoms with E-state index in [0.717, 1.165) is 0 Å². The summed E-state index contributed by atoms with van der Waals surface area (Å²) in [5.74, 6) is 0. The Morgan fingerprint density at radius 3 is 2.53 bits per heavy atom. The predicted octanol–water partition coefficient (Wildman–Crippen LogP) is 4.04. The molecule has 0 saturated carbocycles. The van der Waals surface area contributed by atoms with E-state index in [1.54, 1.807) is 6.08 Å². The second-order valence-electron chi connectivity index (χ2n) is 4.87. The summed E-state index contributed by atoms with van der Waals surface area (Å²) < 4.78 is 0. The average molecular weight is 225 g/mol. The quantitative estimate of drug-likeness (QED) is 0.687. The van der Waals surface area contributed by atoms with Crippen LogP contribution in [0.5, 0.6) is 0 Å². The fourth-order valence-corrected chi connectivity index (χ4v) is 2.53. The van der Waals surface area contributed by atoms with Crippen molar-refractivity contribution in [1.82, 2.24) is 0 Å². The van der Waals surface area contributed by atoms with Crippen molar-refractivity contribution in [1.29, 1.82) is 0 Å². The standard InChI is InChI=1S/C16H19N/c1-5-6-7-12-15-16(2,3)13-10-8-9-11-14(13)17(15)4/h5-12H,1H2,2-4H3. The first kappa shape index (κ1) is 11.7. The van der Waals surface area contributed by atoms with Crippen LogP contribution in [0.25, 0.3) is 0 Å². The number of hydrogen-bond acceptors (Lipinski definition) is 1. The monoisotopic (exact) mass is 225 g/mol. The molecule has 0 saturated heterocycles. The number of fused-ring (bicyclic) bond motifs is 1. The Morgan fingerprint density at radius 2 is 1.88 bits per heavy atom. The number of anilines is 1. The minimum atomic E-state index is 0.0663. The summed E-state index contributed by atoms with van der Waals surface area (Å²) in [5, 5.41) is 0. The van der Waals surface area contributed by atoms with Gasteiger partial charge in [0.05, 0.1) is 0 Å². The van der Waals surface area contributed by atoms with Gasteiger partial charge >= 0.3 is 0 Å². The number of para-hydroxylation sites is 1. The van der Waals surface area contributed by atoms with Gasteiger partial charge in [-0.1, -0.05) is 56.9 Å². The number of allylic oxidation sites excluding steroid dienone is 5. The van der Waals surface area contributed by atoms with E-state index in [1.165, 1.54) is 16.9 Å². The summed E-state index contributed by atoms with van der Waals surface area (Å²) in [6, 6.07) is 8.59. The van der Waals surface area contributed by atoms with Crippen LogP contribution in [0.4, 0.5) is 5.69 Å². The first-order chi connectivity index (χ1) is 8.09. The van der Waals surface area contributed by atoms with E-state index in [4.69, 9.17) is 0 Å². The Balaban J connectivity index is 2.50. The van der Waals surface area contributed by atoms with Gasteiger partial charge in [-0.3, -0.25) is 0 Å². The zero-order valence-electron chi connectivity index (χ0n) is 10.8. The van der Waals surface area contributed by atoms with Crippen molar-refractivity contribution in [2.45, 2.75) is 19.3 Å². The highest BCUT2D eigenvalue weighted by Gasteiger charge is 2.37. The third-order valence-corrected chi connectivity index (χ3v) is 3.44. The molecule has 1 aromatic rings. The van der Waals surface area contributed by atoms with Gasteiger partial charge in [0.1, 0.15) is 0 Å². The van der Waals surface area contributed by atoms with Crippen molar-refractivity contribution in [2.75, 3.05) is 11.9 Å². The van der Waals surface area contributed by atoms with Gasteiger partial charge in [-0.15, -0.1) is 0 Å². The van der Waals surface area contributed by atoms with Crippen molar-refractivity contribution in [3.8, 4) is 0 Å².